The number of hydrogen-bond acceptors (Lipinski definition) is 5. The van der Waals surface area contributed by atoms with Gasteiger partial charge in [0.1, 0.15) is 6.04 Å². The molecule has 0 saturated carbocycles. The van der Waals surface area contributed by atoms with Crippen molar-refractivity contribution >= 4 is 0 Å². The van der Waals surface area contributed by atoms with E-state index in [1.165, 1.54) is 5.56 Å². The van der Waals surface area contributed by atoms with E-state index in [2.05, 4.69) is 58.6 Å². The van der Waals surface area contributed by atoms with Gasteiger partial charge in [0.25, 0.3) is 0 Å². The average molecular weight is 348 g/mol. The Labute approximate surface area is 154 Å². The van der Waals surface area contributed by atoms with E-state index in [9.17, 15) is 0 Å². The van der Waals surface area contributed by atoms with Crippen molar-refractivity contribution in [2.45, 2.75) is 56.6 Å². The second-order valence-corrected chi connectivity index (χ2v) is 8.01. The van der Waals surface area contributed by atoms with E-state index < -0.39 is 11.4 Å². The number of nitrogens with zero attached hydrogens (tertiary/aromatic N) is 4. The SMILES string of the molecule is CC1(C)N=N[C@](c2ccccc2)([C@@H]2N=NC(C)(C)[C@H]2c2ccccc2)O1. The first-order valence-electron chi connectivity index (χ1n) is 9.01. The fraction of sp³-hybridized carbons (Fsp3) is 0.429. The van der Waals surface area contributed by atoms with E-state index in [0.29, 0.717) is 0 Å². The third kappa shape index (κ3) is 2.67. The lowest BCUT2D eigenvalue weighted by Crippen LogP contribution is -2.45. The molecule has 0 N–H and O–H groups in total. The van der Waals surface area contributed by atoms with E-state index in [1.807, 2.05) is 50.2 Å². The number of ether oxygens (including phenoxy) is 1. The zero-order valence-corrected chi connectivity index (χ0v) is 15.6. The molecule has 0 spiro atoms. The highest BCUT2D eigenvalue weighted by Gasteiger charge is 2.59. The molecule has 0 fully saturated rings. The van der Waals surface area contributed by atoms with Crippen molar-refractivity contribution < 1.29 is 4.74 Å². The van der Waals surface area contributed by atoms with Crippen LogP contribution in [0.5, 0.6) is 0 Å². The Hall–Kier alpha value is -2.40. The van der Waals surface area contributed by atoms with Gasteiger partial charge in [-0.3, -0.25) is 0 Å². The maximum Gasteiger partial charge on any atom is 0.232 e. The molecule has 0 amide bonds. The fourth-order valence-electron chi connectivity index (χ4n) is 3.98. The summed E-state index contributed by atoms with van der Waals surface area (Å²) in [5.41, 5.74) is 0.129. The van der Waals surface area contributed by atoms with Crippen molar-refractivity contribution in [3.63, 3.8) is 0 Å². The molecule has 134 valence electrons. The van der Waals surface area contributed by atoms with Crippen LogP contribution < -0.4 is 0 Å². The Morgan fingerprint density at radius 2 is 1.38 bits per heavy atom. The molecule has 26 heavy (non-hydrogen) atoms. The minimum absolute atomic E-state index is 0.0387. The van der Waals surface area contributed by atoms with Crippen molar-refractivity contribution in [1.82, 2.24) is 0 Å². The Kier molecular flexibility index (Phi) is 3.81. The van der Waals surface area contributed by atoms with Crippen LogP contribution in [0.1, 0.15) is 44.7 Å². The lowest BCUT2D eigenvalue weighted by atomic mass is 9.74. The van der Waals surface area contributed by atoms with Crippen LogP contribution in [0.4, 0.5) is 0 Å². The molecule has 2 aliphatic heterocycles. The van der Waals surface area contributed by atoms with Crippen LogP contribution >= 0.6 is 0 Å². The van der Waals surface area contributed by atoms with E-state index in [-0.39, 0.29) is 17.5 Å². The van der Waals surface area contributed by atoms with Crippen molar-refractivity contribution in [3.05, 3.63) is 71.8 Å². The van der Waals surface area contributed by atoms with Gasteiger partial charge in [-0.05, 0) is 33.3 Å². The number of rotatable bonds is 3. The molecule has 0 bridgehead atoms. The number of hydrogen-bond donors (Lipinski definition) is 0. The van der Waals surface area contributed by atoms with Crippen molar-refractivity contribution in [3.8, 4) is 0 Å². The standard InChI is InChI=1S/C21H24N4O/c1-19(2)17(15-11-7-5-8-12-15)18(22-23-19)21(16-13-9-6-10-14-16)25-24-20(3,4)26-21/h5-14,17-18H,1-4H3/t17-,18+,21-/m0/s1. The molecule has 0 unspecified atom stereocenters. The Bertz CT molecular complexity index is 845. The first-order chi connectivity index (χ1) is 12.3. The molecular formula is C21H24N4O. The second-order valence-electron chi connectivity index (χ2n) is 8.01. The van der Waals surface area contributed by atoms with Gasteiger partial charge in [0.2, 0.25) is 5.72 Å². The maximum absolute atomic E-state index is 6.46. The van der Waals surface area contributed by atoms with Gasteiger partial charge in [0, 0.05) is 11.5 Å². The van der Waals surface area contributed by atoms with Gasteiger partial charge >= 0.3 is 0 Å². The molecule has 0 saturated heterocycles. The average Bonchev–Trinajstić information content (AvgIpc) is 3.13. The van der Waals surface area contributed by atoms with Gasteiger partial charge in [-0.15, -0.1) is 5.11 Å². The van der Waals surface area contributed by atoms with E-state index in [0.717, 1.165) is 5.56 Å². The van der Waals surface area contributed by atoms with Gasteiger partial charge in [-0.1, -0.05) is 60.7 Å². The van der Waals surface area contributed by atoms with Crippen LogP contribution in [-0.2, 0) is 10.5 Å². The quantitative estimate of drug-likeness (QED) is 0.727. The van der Waals surface area contributed by atoms with Crippen LogP contribution in [0.2, 0.25) is 0 Å². The van der Waals surface area contributed by atoms with Crippen LogP contribution in [-0.4, -0.2) is 17.3 Å². The Balaban J connectivity index is 1.86. The highest BCUT2D eigenvalue weighted by atomic mass is 16.6. The molecule has 4 rings (SSSR count). The Morgan fingerprint density at radius 3 is 1.96 bits per heavy atom. The number of benzene rings is 2. The van der Waals surface area contributed by atoms with Crippen molar-refractivity contribution in [2.24, 2.45) is 20.5 Å². The summed E-state index contributed by atoms with van der Waals surface area (Å²) in [7, 11) is 0. The molecule has 5 heteroatoms. The second kappa shape index (κ2) is 5.81. The normalized spacial score (nSPS) is 31.4. The molecule has 2 aromatic rings. The smallest absolute Gasteiger partial charge is 0.232 e. The molecule has 2 aliphatic rings. The topological polar surface area (TPSA) is 58.7 Å². The van der Waals surface area contributed by atoms with Gasteiger partial charge in [0.15, 0.2) is 5.72 Å². The molecule has 0 aliphatic carbocycles. The summed E-state index contributed by atoms with van der Waals surface area (Å²) in [5, 5.41) is 18.4. The molecule has 5 nitrogen and oxygen atoms in total. The third-order valence-corrected chi connectivity index (χ3v) is 5.11. The van der Waals surface area contributed by atoms with Gasteiger partial charge in [-0.2, -0.15) is 15.3 Å². The summed E-state index contributed by atoms with van der Waals surface area (Å²) in [6.07, 6.45) is 0. The lowest BCUT2D eigenvalue weighted by Gasteiger charge is -2.37. The monoisotopic (exact) mass is 348 g/mol. The molecule has 3 atom stereocenters. The predicted octanol–water partition coefficient (Wildman–Crippen LogP) is 5.45. The van der Waals surface area contributed by atoms with Gasteiger partial charge in [0.05, 0.1) is 5.54 Å². The van der Waals surface area contributed by atoms with E-state index in [4.69, 9.17) is 4.74 Å². The highest BCUT2D eigenvalue weighted by Crippen LogP contribution is 2.53. The highest BCUT2D eigenvalue weighted by molar-refractivity contribution is 5.34. The summed E-state index contributed by atoms with van der Waals surface area (Å²) < 4.78 is 6.46. The minimum atomic E-state index is -0.970. The summed E-state index contributed by atoms with van der Waals surface area (Å²) >= 11 is 0. The van der Waals surface area contributed by atoms with Gasteiger partial charge in [-0.25, -0.2) is 0 Å². The summed E-state index contributed by atoms with van der Waals surface area (Å²) in [6, 6.07) is 20.1. The molecule has 2 aromatic carbocycles. The zero-order chi connectivity index (χ0) is 18.4. The van der Waals surface area contributed by atoms with Crippen LogP contribution in [0, 0.1) is 0 Å². The molecule has 2 heterocycles. The van der Waals surface area contributed by atoms with Crippen molar-refractivity contribution in [1.29, 1.82) is 0 Å². The summed E-state index contributed by atoms with van der Waals surface area (Å²) in [4.78, 5) is 0. The van der Waals surface area contributed by atoms with Crippen LogP contribution in [0.3, 0.4) is 0 Å². The largest absolute Gasteiger partial charge is 0.317 e. The maximum atomic E-state index is 6.46. The molecule has 0 radical (unpaired) electrons. The van der Waals surface area contributed by atoms with E-state index in [1.54, 1.807) is 0 Å². The summed E-state index contributed by atoms with van der Waals surface area (Å²) in [5.74, 6) is 0.0387. The van der Waals surface area contributed by atoms with Crippen molar-refractivity contribution in [2.75, 3.05) is 0 Å². The van der Waals surface area contributed by atoms with E-state index >= 15 is 0 Å². The number of azo groups is 2. The molecular weight excluding hydrogens is 324 g/mol. The minimum Gasteiger partial charge on any atom is -0.317 e. The fourth-order valence-corrected chi connectivity index (χ4v) is 3.98. The first kappa shape index (κ1) is 17.0. The zero-order valence-electron chi connectivity index (χ0n) is 15.6. The van der Waals surface area contributed by atoms with Crippen LogP contribution in [0.25, 0.3) is 0 Å². The third-order valence-electron chi connectivity index (χ3n) is 5.11. The van der Waals surface area contributed by atoms with Crippen LogP contribution in [0.15, 0.2) is 81.1 Å². The lowest BCUT2D eigenvalue weighted by molar-refractivity contribution is -0.118. The Morgan fingerprint density at radius 1 is 0.769 bits per heavy atom. The molecule has 0 aromatic heterocycles. The van der Waals surface area contributed by atoms with Gasteiger partial charge < -0.3 is 4.74 Å². The summed E-state index contributed by atoms with van der Waals surface area (Å²) in [6.45, 7) is 8.08. The predicted molar refractivity (Wildman–Crippen MR) is 100 cm³/mol. The first-order valence-corrected chi connectivity index (χ1v) is 9.01.